The van der Waals surface area contributed by atoms with E-state index in [2.05, 4.69) is 4.90 Å². The second-order valence-electron chi connectivity index (χ2n) is 6.99. The van der Waals surface area contributed by atoms with Gasteiger partial charge in [0.1, 0.15) is 5.82 Å². The molecule has 0 amide bonds. The first-order valence-corrected chi connectivity index (χ1v) is 7.70. The number of anilines is 1. The molecule has 21 heavy (non-hydrogen) atoms. The Balaban J connectivity index is 1.90. The second kappa shape index (κ2) is 4.99. The molecule has 1 aromatic carbocycles. The first kappa shape index (κ1) is 14.9. The summed E-state index contributed by atoms with van der Waals surface area (Å²) in [5, 5.41) is 0. The zero-order valence-corrected chi connectivity index (χ0v) is 13.3. The summed E-state index contributed by atoms with van der Waals surface area (Å²) >= 11 is 0. The van der Waals surface area contributed by atoms with E-state index >= 15 is 0 Å². The molecule has 2 heterocycles. The summed E-state index contributed by atoms with van der Waals surface area (Å²) in [6, 6.07) is 5.24. The zero-order chi connectivity index (χ0) is 15.3. The topological polar surface area (TPSA) is 21.7 Å². The molecule has 0 N–H and O–H groups in total. The van der Waals surface area contributed by atoms with Gasteiger partial charge in [-0.1, -0.05) is 0 Å². The SMILES string of the molecule is CC1(C)OB(c2cc(N3CCCC3)ccc2F)OC1(C)C. The molecule has 2 fully saturated rings. The van der Waals surface area contributed by atoms with Crippen LogP contribution in [0.15, 0.2) is 18.2 Å². The Hall–Kier alpha value is -1.07. The highest BCUT2D eigenvalue weighted by Crippen LogP contribution is 2.37. The molecule has 0 unspecified atom stereocenters. The summed E-state index contributed by atoms with van der Waals surface area (Å²) in [5.74, 6) is -0.267. The van der Waals surface area contributed by atoms with Crippen LogP contribution >= 0.6 is 0 Å². The molecule has 2 aliphatic heterocycles. The molecule has 2 saturated heterocycles. The average molecular weight is 291 g/mol. The number of benzene rings is 1. The average Bonchev–Trinajstić information content (AvgIpc) is 2.97. The highest BCUT2D eigenvalue weighted by molar-refractivity contribution is 6.62. The first-order valence-electron chi connectivity index (χ1n) is 7.70. The van der Waals surface area contributed by atoms with Crippen molar-refractivity contribution >= 4 is 18.3 Å². The maximum atomic E-state index is 14.2. The predicted octanol–water partition coefficient (Wildman–Crippen LogP) is 2.73. The fourth-order valence-corrected chi connectivity index (χ4v) is 2.85. The van der Waals surface area contributed by atoms with E-state index in [0.717, 1.165) is 18.8 Å². The summed E-state index contributed by atoms with van der Waals surface area (Å²) in [4.78, 5) is 2.29. The minimum absolute atomic E-state index is 0.267. The number of rotatable bonds is 2. The van der Waals surface area contributed by atoms with Crippen molar-refractivity contribution in [2.45, 2.75) is 51.7 Å². The lowest BCUT2D eigenvalue weighted by Gasteiger charge is -2.32. The second-order valence-corrected chi connectivity index (χ2v) is 6.99. The number of hydrogen-bond donors (Lipinski definition) is 0. The van der Waals surface area contributed by atoms with Crippen LogP contribution in [0, 0.1) is 5.82 Å². The van der Waals surface area contributed by atoms with Crippen molar-refractivity contribution in [3.63, 3.8) is 0 Å². The summed E-state index contributed by atoms with van der Waals surface area (Å²) in [7, 11) is -0.641. The van der Waals surface area contributed by atoms with Crippen molar-refractivity contribution in [1.29, 1.82) is 0 Å². The normalized spacial score (nSPS) is 23.9. The molecular weight excluding hydrogens is 268 g/mol. The lowest BCUT2D eigenvalue weighted by Crippen LogP contribution is -2.41. The van der Waals surface area contributed by atoms with Crippen LogP contribution in [-0.4, -0.2) is 31.4 Å². The largest absolute Gasteiger partial charge is 0.497 e. The minimum Gasteiger partial charge on any atom is -0.399 e. The van der Waals surface area contributed by atoms with E-state index in [1.54, 1.807) is 0 Å². The maximum Gasteiger partial charge on any atom is 0.497 e. The Morgan fingerprint density at radius 3 is 2.19 bits per heavy atom. The number of hydrogen-bond acceptors (Lipinski definition) is 3. The molecule has 0 spiro atoms. The Morgan fingerprint density at radius 1 is 1.05 bits per heavy atom. The van der Waals surface area contributed by atoms with Crippen molar-refractivity contribution in [2.24, 2.45) is 0 Å². The molecule has 0 atom stereocenters. The maximum absolute atomic E-state index is 14.2. The van der Waals surface area contributed by atoms with Gasteiger partial charge < -0.3 is 14.2 Å². The Morgan fingerprint density at radius 2 is 1.62 bits per heavy atom. The van der Waals surface area contributed by atoms with E-state index < -0.39 is 18.3 Å². The van der Waals surface area contributed by atoms with Gasteiger partial charge in [-0.2, -0.15) is 0 Å². The minimum atomic E-state index is -0.641. The van der Waals surface area contributed by atoms with Crippen molar-refractivity contribution in [2.75, 3.05) is 18.0 Å². The summed E-state index contributed by atoms with van der Waals surface area (Å²) < 4.78 is 26.2. The van der Waals surface area contributed by atoms with E-state index in [0.29, 0.717) is 5.46 Å². The monoisotopic (exact) mass is 291 g/mol. The molecule has 3 rings (SSSR count). The molecule has 3 nitrogen and oxygen atoms in total. The van der Waals surface area contributed by atoms with E-state index in [1.807, 2.05) is 39.8 Å². The van der Waals surface area contributed by atoms with E-state index in [-0.39, 0.29) is 5.82 Å². The zero-order valence-electron chi connectivity index (χ0n) is 13.3. The number of nitrogens with zero attached hydrogens (tertiary/aromatic N) is 1. The van der Waals surface area contributed by atoms with Gasteiger partial charge in [-0.15, -0.1) is 0 Å². The first-order chi connectivity index (χ1) is 9.80. The third-order valence-corrected chi connectivity index (χ3v) is 4.96. The van der Waals surface area contributed by atoms with Crippen LogP contribution in [0.25, 0.3) is 0 Å². The quantitative estimate of drug-likeness (QED) is 0.782. The van der Waals surface area contributed by atoms with Gasteiger partial charge in [-0.25, -0.2) is 4.39 Å². The van der Waals surface area contributed by atoms with Gasteiger partial charge in [0, 0.05) is 24.2 Å². The van der Waals surface area contributed by atoms with Crippen LogP contribution in [0.3, 0.4) is 0 Å². The highest BCUT2D eigenvalue weighted by atomic mass is 19.1. The van der Waals surface area contributed by atoms with Crippen molar-refractivity contribution in [1.82, 2.24) is 0 Å². The van der Waals surface area contributed by atoms with Crippen LogP contribution in [0.4, 0.5) is 10.1 Å². The molecule has 2 aliphatic rings. The van der Waals surface area contributed by atoms with Gasteiger partial charge in [0.15, 0.2) is 0 Å². The van der Waals surface area contributed by atoms with Crippen molar-refractivity contribution in [3.8, 4) is 0 Å². The van der Waals surface area contributed by atoms with Crippen LogP contribution in [0.5, 0.6) is 0 Å². The smallest absolute Gasteiger partial charge is 0.399 e. The van der Waals surface area contributed by atoms with Crippen LogP contribution < -0.4 is 10.4 Å². The number of halogens is 1. The van der Waals surface area contributed by atoms with Crippen LogP contribution in [0.2, 0.25) is 0 Å². The third kappa shape index (κ3) is 2.57. The van der Waals surface area contributed by atoms with Gasteiger partial charge in [-0.05, 0) is 58.7 Å². The van der Waals surface area contributed by atoms with Gasteiger partial charge in [0.2, 0.25) is 0 Å². The molecule has 0 saturated carbocycles. The highest BCUT2D eigenvalue weighted by Gasteiger charge is 2.52. The Kier molecular flexibility index (Phi) is 3.53. The van der Waals surface area contributed by atoms with Gasteiger partial charge in [0.05, 0.1) is 11.2 Å². The van der Waals surface area contributed by atoms with Crippen molar-refractivity contribution in [3.05, 3.63) is 24.0 Å². The van der Waals surface area contributed by atoms with Crippen LogP contribution in [-0.2, 0) is 9.31 Å². The standard InChI is InChI=1S/C16H23BFNO2/c1-15(2)16(3,4)21-17(20-15)13-11-12(7-8-14(13)18)19-9-5-6-10-19/h7-8,11H,5-6,9-10H2,1-4H3. The molecule has 0 radical (unpaired) electrons. The van der Waals surface area contributed by atoms with E-state index in [1.165, 1.54) is 18.9 Å². The van der Waals surface area contributed by atoms with Gasteiger partial charge in [0.25, 0.3) is 0 Å². The lowest BCUT2D eigenvalue weighted by molar-refractivity contribution is 0.00578. The summed E-state index contributed by atoms with van der Waals surface area (Å²) in [5.41, 5.74) is 0.651. The van der Waals surface area contributed by atoms with Gasteiger partial charge in [-0.3, -0.25) is 0 Å². The molecular formula is C16H23BFNO2. The van der Waals surface area contributed by atoms with Crippen molar-refractivity contribution < 1.29 is 13.7 Å². The van der Waals surface area contributed by atoms with Gasteiger partial charge >= 0.3 is 7.12 Å². The molecule has 0 bridgehead atoms. The molecule has 0 aromatic heterocycles. The Labute approximate surface area is 126 Å². The van der Waals surface area contributed by atoms with E-state index in [9.17, 15) is 4.39 Å². The Bertz CT molecular complexity index is 525. The molecule has 5 heteroatoms. The summed E-state index contributed by atoms with van der Waals surface area (Å²) in [6.07, 6.45) is 2.40. The van der Waals surface area contributed by atoms with E-state index in [4.69, 9.17) is 9.31 Å². The lowest BCUT2D eigenvalue weighted by atomic mass is 9.78. The molecule has 0 aliphatic carbocycles. The third-order valence-electron chi connectivity index (χ3n) is 4.96. The predicted molar refractivity (Wildman–Crippen MR) is 83.6 cm³/mol. The molecule has 114 valence electrons. The fourth-order valence-electron chi connectivity index (χ4n) is 2.85. The molecule has 1 aromatic rings. The summed E-state index contributed by atoms with van der Waals surface area (Å²) in [6.45, 7) is 10.00. The van der Waals surface area contributed by atoms with Crippen LogP contribution in [0.1, 0.15) is 40.5 Å². The fraction of sp³-hybridized carbons (Fsp3) is 0.625.